The highest BCUT2D eigenvalue weighted by Crippen LogP contribution is 2.57. The van der Waals surface area contributed by atoms with Gasteiger partial charge in [-0.25, -0.2) is 9.59 Å². The molecule has 0 N–H and O–H groups in total. The van der Waals surface area contributed by atoms with Crippen LogP contribution < -0.4 is 0 Å². The fraction of sp³-hybridized carbons (Fsp3) is 0.600. The Balaban J connectivity index is 2.17. The first-order valence-corrected chi connectivity index (χ1v) is 11.1. The summed E-state index contributed by atoms with van der Waals surface area (Å²) >= 11 is 0. The summed E-state index contributed by atoms with van der Waals surface area (Å²) in [6.45, 7) is 17.6. The number of rotatable bonds is 5. The minimum Gasteiger partial charge on any atom is -0.461 e. The summed E-state index contributed by atoms with van der Waals surface area (Å²) in [7, 11) is 0. The number of carbonyl (C=O) groups is 4. The lowest BCUT2D eigenvalue weighted by atomic mass is 9.57. The van der Waals surface area contributed by atoms with E-state index in [9.17, 15) is 19.2 Å². The smallest absolute Gasteiger partial charge is 0.334 e. The summed E-state index contributed by atoms with van der Waals surface area (Å²) < 4.78 is 22.9. The van der Waals surface area contributed by atoms with Crippen molar-refractivity contribution in [2.45, 2.75) is 78.8 Å². The molecule has 0 bridgehead atoms. The van der Waals surface area contributed by atoms with Crippen molar-refractivity contribution in [3.63, 3.8) is 0 Å². The molecule has 180 valence electrons. The average molecular weight is 461 g/mol. The molecule has 1 saturated heterocycles. The van der Waals surface area contributed by atoms with E-state index in [0.29, 0.717) is 17.6 Å². The van der Waals surface area contributed by atoms with E-state index in [-0.39, 0.29) is 23.5 Å². The highest BCUT2D eigenvalue weighted by molar-refractivity contribution is 5.92. The van der Waals surface area contributed by atoms with E-state index in [4.69, 9.17) is 18.9 Å². The molecule has 0 amide bonds. The van der Waals surface area contributed by atoms with Crippen molar-refractivity contribution in [3.05, 3.63) is 35.5 Å². The first-order valence-electron chi connectivity index (χ1n) is 11.1. The quantitative estimate of drug-likeness (QED) is 0.267. The van der Waals surface area contributed by atoms with E-state index in [0.717, 1.165) is 0 Å². The standard InChI is InChI=1S/C25H32O8/c1-11(2)22(27)31-16-9-18(30-15(7)26)25(8)10-17-19(14(6)24(29)32-17)21(20(25)13(16)5)33-23(28)12(3)4/h11,16-19,21H,3,6,9-10H2,1-2,4-5,7-8H3/t16-,17+,18-,19-,21-,25+/m0/s1. The van der Waals surface area contributed by atoms with E-state index in [1.165, 1.54) is 13.8 Å². The zero-order valence-electron chi connectivity index (χ0n) is 20.1. The van der Waals surface area contributed by atoms with Crippen LogP contribution in [0.4, 0.5) is 0 Å². The molecule has 2 fully saturated rings. The largest absolute Gasteiger partial charge is 0.461 e. The van der Waals surface area contributed by atoms with E-state index < -0.39 is 59.6 Å². The van der Waals surface area contributed by atoms with Crippen molar-refractivity contribution in [1.82, 2.24) is 0 Å². The van der Waals surface area contributed by atoms with Crippen LogP contribution in [0.1, 0.15) is 54.4 Å². The molecule has 0 unspecified atom stereocenters. The minimum absolute atomic E-state index is 0.197. The van der Waals surface area contributed by atoms with Gasteiger partial charge in [0.1, 0.15) is 24.4 Å². The molecule has 0 spiro atoms. The number of carbonyl (C=O) groups excluding carboxylic acids is 4. The Hall–Kier alpha value is -2.90. The van der Waals surface area contributed by atoms with Gasteiger partial charge in [-0.1, -0.05) is 33.9 Å². The molecule has 33 heavy (non-hydrogen) atoms. The van der Waals surface area contributed by atoms with E-state index in [1.54, 1.807) is 13.8 Å². The fourth-order valence-electron chi connectivity index (χ4n) is 5.15. The molecule has 1 saturated carbocycles. The lowest BCUT2D eigenvalue weighted by Crippen LogP contribution is -2.56. The molecule has 8 nitrogen and oxygen atoms in total. The van der Waals surface area contributed by atoms with Crippen molar-refractivity contribution >= 4 is 23.9 Å². The third kappa shape index (κ3) is 4.35. The lowest BCUT2D eigenvalue weighted by molar-refractivity contribution is -0.172. The molecule has 0 aromatic rings. The van der Waals surface area contributed by atoms with Crippen LogP contribution in [0.15, 0.2) is 35.5 Å². The van der Waals surface area contributed by atoms with E-state index in [1.807, 2.05) is 13.8 Å². The Morgan fingerprint density at radius 2 is 1.79 bits per heavy atom. The Morgan fingerprint density at radius 3 is 2.33 bits per heavy atom. The number of fused-ring (bicyclic) bond motifs is 2. The van der Waals surface area contributed by atoms with Gasteiger partial charge in [-0.3, -0.25) is 9.59 Å². The predicted molar refractivity (Wildman–Crippen MR) is 118 cm³/mol. The molecule has 1 aliphatic heterocycles. The van der Waals surface area contributed by atoms with Gasteiger partial charge in [0.05, 0.1) is 11.8 Å². The molecule has 8 heteroatoms. The summed E-state index contributed by atoms with van der Waals surface area (Å²) in [4.78, 5) is 49.4. The number of hydrogen-bond donors (Lipinski definition) is 0. The van der Waals surface area contributed by atoms with E-state index in [2.05, 4.69) is 13.2 Å². The highest BCUT2D eigenvalue weighted by Gasteiger charge is 2.61. The zero-order valence-corrected chi connectivity index (χ0v) is 20.1. The van der Waals surface area contributed by atoms with Crippen LogP contribution in [0.2, 0.25) is 0 Å². The van der Waals surface area contributed by atoms with Gasteiger partial charge >= 0.3 is 23.9 Å². The van der Waals surface area contributed by atoms with Gasteiger partial charge < -0.3 is 18.9 Å². The van der Waals surface area contributed by atoms with Crippen LogP contribution >= 0.6 is 0 Å². The maximum absolute atomic E-state index is 12.6. The van der Waals surface area contributed by atoms with Gasteiger partial charge in [0.15, 0.2) is 0 Å². The van der Waals surface area contributed by atoms with Crippen molar-refractivity contribution in [2.75, 3.05) is 0 Å². The van der Waals surface area contributed by atoms with Gasteiger partial charge in [0, 0.05) is 29.9 Å². The zero-order chi connectivity index (χ0) is 24.8. The molecule has 2 aliphatic carbocycles. The summed E-state index contributed by atoms with van der Waals surface area (Å²) in [5, 5.41) is 0. The fourth-order valence-corrected chi connectivity index (χ4v) is 5.15. The lowest BCUT2D eigenvalue weighted by Gasteiger charge is -2.52. The molecule has 0 aromatic carbocycles. The minimum atomic E-state index is -0.907. The van der Waals surface area contributed by atoms with Crippen molar-refractivity contribution in [1.29, 1.82) is 0 Å². The Labute approximate surface area is 194 Å². The first kappa shape index (κ1) is 24.7. The average Bonchev–Trinajstić information content (AvgIpc) is 2.97. The SMILES string of the molecule is C=C(C)C(=O)O[C@@H]1C2=C(C)[C@@H](OC(=O)C(C)C)C[C@H](OC(C)=O)[C@@]2(C)C[C@H]2OC(=O)C(=C)[C@H]12. The normalized spacial score (nSPS) is 33.1. The van der Waals surface area contributed by atoms with Crippen LogP contribution in [0.5, 0.6) is 0 Å². The monoisotopic (exact) mass is 460 g/mol. The molecule has 3 rings (SSSR count). The third-order valence-electron chi connectivity index (χ3n) is 6.84. The Morgan fingerprint density at radius 1 is 1.15 bits per heavy atom. The summed E-state index contributed by atoms with van der Waals surface area (Å²) in [5.74, 6) is -3.00. The highest BCUT2D eigenvalue weighted by atomic mass is 16.6. The second-order valence-corrected chi connectivity index (χ2v) is 9.73. The molecular formula is C25H32O8. The summed E-state index contributed by atoms with van der Waals surface area (Å²) in [6, 6.07) is 0. The number of ether oxygens (including phenoxy) is 4. The summed E-state index contributed by atoms with van der Waals surface area (Å²) in [6.07, 6.45) is -2.27. The van der Waals surface area contributed by atoms with Crippen LogP contribution in [-0.4, -0.2) is 48.3 Å². The number of esters is 4. The van der Waals surface area contributed by atoms with Crippen molar-refractivity contribution in [3.8, 4) is 0 Å². The van der Waals surface area contributed by atoms with Gasteiger partial charge in [0.2, 0.25) is 0 Å². The Bertz CT molecular complexity index is 957. The van der Waals surface area contributed by atoms with Crippen LogP contribution in [0.25, 0.3) is 0 Å². The topological polar surface area (TPSA) is 105 Å². The summed E-state index contributed by atoms with van der Waals surface area (Å²) in [5.41, 5.74) is 0.968. The molecule has 1 heterocycles. The third-order valence-corrected chi connectivity index (χ3v) is 6.84. The maximum atomic E-state index is 12.6. The second-order valence-electron chi connectivity index (χ2n) is 9.73. The molecule has 3 aliphatic rings. The van der Waals surface area contributed by atoms with Gasteiger partial charge in [-0.2, -0.15) is 0 Å². The van der Waals surface area contributed by atoms with E-state index >= 15 is 0 Å². The Kier molecular flexibility index (Phi) is 6.60. The van der Waals surface area contributed by atoms with Crippen LogP contribution in [0, 0.1) is 17.3 Å². The van der Waals surface area contributed by atoms with Crippen LogP contribution in [0.3, 0.4) is 0 Å². The molecule has 0 radical (unpaired) electrons. The van der Waals surface area contributed by atoms with Gasteiger partial charge in [-0.05, 0) is 31.4 Å². The van der Waals surface area contributed by atoms with Crippen molar-refractivity contribution < 1.29 is 38.1 Å². The van der Waals surface area contributed by atoms with Gasteiger partial charge in [0.25, 0.3) is 0 Å². The number of hydrogen-bond acceptors (Lipinski definition) is 8. The maximum Gasteiger partial charge on any atom is 0.334 e. The second kappa shape index (κ2) is 8.80. The molecule has 0 aromatic heterocycles. The van der Waals surface area contributed by atoms with Crippen LogP contribution in [-0.2, 0) is 38.1 Å². The molecular weight excluding hydrogens is 428 g/mol. The first-order chi connectivity index (χ1) is 15.3. The van der Waals surface area contributed by atoms with Gasteiger partial charge in [-0.15, -0.1) is 0 Å². The van der Waals surface area contributed by atoms with Crippen molar-refractivity contribution in [2.24, 2.45) is 17.3 Å². The predicted octanol–water partition coefficient (Wildman–Crippen LogP) is 3.20. The molecule has 6 atom stereocenters.